The molecule has 0 atom stereocenters. The first-order valence-electron chi connectivity index (χ1n) is 8.04. The average molecular weight is 427 g/mol. The van der Waals surface area contributed by atoms with Crippen LogP contribution in [0.25, 0.3) is 20.4 Å². The number of pyridine rings is 1. The van der Waals surface area contributed by atoms with E-state index in [1.54, 1.807) is 13.1 Å². The van der Waals surface area contributed by atoms with E-state index in [0.29, 0.717) is 16.0 Å². The minimum atomic E-state index is -0.171. The lowest BCUT2D eigenvalue weighted by Crippen LogP contribution is -2.19. The Labute approximate surface area is 162 Å². The second kappa shape index (κ2) is 6.41. The smallest absolute Gasteiger partial charge is 0.266 e. The van der Waals surface area contributed by atoms with Crippen molar-refractivity contribution in [2.45, 2.75) is 20.8 Å². The quantitative estimate of drug-likeness (QED) is 0.440. The number of fused-ring (bicyclic) bond motifs is 3. The van der Waals surface area contributed by atoms with Crippen LogP contribution in [-0.2, 0) is 0 Å². The molecule has 7 heteroatoms. The van der Waals surface area contributed by atoms with E-state index in [2.05, 4.69) is 31.0 Å². The van der Waals surface area contributed by atoms with Crippen molar-refractivity contribution in [2.24, 2.45) is 5.10 Å². The van der Waals surface area contributed by atoms with Crippen LogP contribution >= 0.6 is 27.3 Å². The van der Waals surface area contributed by atoms with Gasteiger partial charge in [-0.15, -0.1) is 11.3 Å². The first kappa shape index (κ1) is 17.1. The lowest BCUT2D eigenvalue weighted by atomic mass is 10.1. The van der Waals surface area contributed by atoms with Crippen molar-refractivity contribution in [1.82, 2.24) is 14.6 Å². The molecule has 0 spiro atoms. The third kappa shape index (κ3) is 2.77. The van der Waals surface area contributed by atoms with Gasteiger partial charge in [0, 0.05) is 21.1 Å². The zero-order valence-corrected chi connectivity index (χ0v) is 16.8. The van der Waals surface area contributed by atoms with Crippen LogP contribution in [0.15, 0.2) is 44.7 Å². The van der Waals surface area contributed by atoms with Gasteiger partial charge in [-0.3, -0.25) is 4.79 Å². The van der Waals surface area contributed by atoms with Gasteiger partial charge in [0.25, 0.3) is 5.56 Å². The Balaban J connectivity index is 1.95. The molecule has 4 rings (SSSR count). The van der Waals surface area contributed by atoms with E-state index in [1.165, 1.54) is 16.0 Å². The van der Waals surface area contributed by atoms with Gasteiger partial charge in [0.05, 0.1) is 11.7 Å². The highest BCUT2D eigenvalue weighted by atomic mass is 79.9. The van der Waals surface area contributed by atoms with Gasteiger partial charge in [-0.2, -0.15) is 9.78 Å². The van der Waals surface area contributed by atoms with Gasteiger partial charge in [0.2, 0.25) is 0 Å². The van der Waals surface area contributed by atoms with Crippen molar-refractivity contribution in [1.29, 1.82) is 0 Å². The Hall–Kier alpha value is -2.38. The Morgan fingerprint density at radius 1 is 1.19 bits per heavy atom. The maximum atomic E-state index is 13.0. The number of halogens is 1. The minimum Gasteiger partial charge on any atom is -0.266 e. The average Bonchev–Trinajstić information content (AvgIpc) is 2.94. The number of hydrogen-bond acceptors (Lipinski definition) is 5. The Kier molecular flexibility index (Phi) is 4.20. The fourth-order valence-electron chi connectivity index (χ4n) is 2.96. The summed E-state index contributed by atoms with van der Waals surface area (Å²) >= 11 is 4.86. The van der Waals surface area contributed by atoms with Crippen LogP contribution in [-0.4, -0.2) is 20.9 Å². The molecule has 0 radical (unpaired) electrons. The highest BCUT2D eigenvalue weighted by molar-refractivity contribution is 9.10. The normalized spacial score (nSPS) is 11.8. The van der Waals surface area contributed by atoms with Crippen molar-refractivity contribution in [3.05, 3.63) is 67.8 Å². The fraction of sp³-hybridized carbons (Fsp3) is 0.158. The number of thiophene rings is 1. The molecule has 0 N–H and O–H groups in total. The number of aromatic nitrogens is 3. The Bertz CT molecular complexity index is 1260. The van der Waals surface area contributed by atoms with Crippen LogP contribution in [0.1, 0.15) is 22.6 Å². The molecule has 26 heavy (non-hydrogen) atoms. The van der Waals surface area contributed by atoms with Crippen LogP contribution in [0.5, 0.6) is 0 Å². The molecule has 0 bridgehead atoms. The number of benzene rings is 1. The van der Waals surface area contributed by atoms with E-state index in [4.69, 9.17) is 0 Å². The van der Waals surface area contributed by atoms with E-state index in [9.17, 15) is 4.79 Å². The molecule has 3 aromatic heterocycles. The minimum absolute atomic E-state index is 0.171. The van der Waals surface area contributed by atoms with Crippen LogP contribution in [0.2, 0.25) is 0 Å². The Morgan fingerprint density at radius 3 is 2.73 bits per heavy atom. The standard InChI is InChI=1S/C19H15BrN4OS/c1-10-8-11(2)22-18-15(10)16-17(26-18)19(25)24(12(3)23-16)21-9-13-6-4-5-7-14(13)20/h4-9H,1-3H3/b21-9+. The first-order chi connectivity index (χ1) is 12.5. The maximum absolute atomic E-state index is 13.0. The summed E-state index contributed by atoms with van der Waals surface area (Å²) in [6.07, 6.45) is 1.66. The van der Waals surface area contributed by atoms with Gasteiger partial charge < -0.3 is 0 Å². The monoisotopic (exact) mass is 426 g/mol. The largest absolute Gasteiger partial charge is 0.292 e. The van der Waals surface area contributed by atoms with Crippen LogP contribution in [0, 0.1) is 20.8 Å². The van der Waals surface area contributed by atoms with Crippen molar-refractivity contribution < 1.29 is 0 Å². The Morgan fingerprint density at radius 2 is 1.96 bits per heavy atom. The molecule has 5 nitrogen and oxygen atoms in total. The predicted molar refractivity (Wildman–Crippen MR) is 111 cm³/mol. The molecule has 0 fully saturated rings. The zero-order chi connectivity index (χ0) is 18.4. The summed E-state index contributed by atoms with van der Waals surface area (Å²) < 4.78 is 2.84. The molecule has 0 unspecified atom stereocenters. The summed E-state index contributed by atoms with van der Waals surface area (Å²) in [5.74, 6) is 0.547. The number of aryl methyl sites for hydroxylation is 3. The highest BCUT2D eigenvalue weighted by Gasteiger charge is 2.16. The van der Waals surface area contributed by atoms with Crippen molar-refractivity contribution >= 4 is 53.9 Å². The van der Waals surface area contributed by atoms with Crippen molar-refractivity contribution in [2.75, 3.05) is 0 Å². The summed E-state index contributed by atoms with van der Waals surface area (Å²) in [5.41, 5.74) is 3.45. The molecule has 0 saturated carbocycles. The van der Waals surface area contributed by atoms with Gasteiger partial charge >= 0.3 is 0 Å². The van der Waals surface area contributed by atoms with Crippen LogP contribution < -0.4 is 5.56 Å². The summed E-state index contributed by atoms with van der Waals surface area (Å²) in [6.45, 7) is 5.77. The summed E-state index contributed by atoms with van der Waals surface area (Å²) in [5, 5.41) is 5.33. The molecule has 3 heterocycles. The molecular weight excluding hydrogens is 412 g/mol. The second-order valence-electron chi connectivity index (χ2n) is 6.08. The molecule has 0 aliphatic rings. The van der Waals surface area contributed by atoms with E-state index in [1.807, 2.05) is 44.2 Å². The topological polar surface area (TPSA) is 60.1 Å². The fourth-order valence-corrected chi connectivity index (χ4v) is 4.51. The van der Waals surface area contributed by atoms with E-state index >= 15 is 0 Å². The van der Waals surface area contributed by atoms with Crippen LogP contribution in [0.4, 0.5) is 0 Å². The highest BCUT2D eigenvalue weighted by Crippen LogP contribution is 2.32. The number of hydrogen-bond donors (Lipinski definition) is 0. The summed E-state index contributed by atoms with van der Waals surface area (Å²) in [4.78, 5) is 23.1. The summed E-state index contributed by atoms with van der Waals surface area (Å²) in [6, 6.07) is 9.73. The van der Waals surface area contributed by atoms with Gasteiger partial charge in [-0.1, -0.05) is 34.1 Å². The van der Waals surface area contributed by atoms with E-state index in [0.717, 1.165) is 31.5 Å². The maximum Gasteiger partial charge on any atom is 0.292 e. The number of nitrogens with zero attached hydrogens (tertiary/aromatic N) is 4. The molecule has 0 aliphatic heterocycles. The van der Waals surface area contributed by atoms with Gasteiger partial charge in [0.1, 0.15) is 15.4 Å². The predicted octanol–water partition coefficient (Wildman–Crippen LogP) is 4.58. The molecule has 0 aliphatic carbocycles. The van der Waals surface area contributed by atoms with Crippen molar-refractivity contribution in [3.63, 3.8) is 0 Å². The molecule has 4 aromatic rings. The van der Waals surface area contributed by atoms with Gasteiger partial charge in [-0.25, -0.2) is 9.97 Å². The van der Waals surface area contributed by atoms with Gasteiger partial charge in [-0.05, 0) is 38.5 Å². The zero-order valence-electron chi connectivity index (χ0n) is 14.4. The molecular formula is C19H15BrN4OS. The van der Waals surface area contributed by atoms with Crippen LogP contribution in [0.3, 0.4) is 0 Å². The third-order valence-corrected chi connectivity index (χ3v) is 5.93. The molecule has 1 aromatic carbocycles. The number of rotatable bonds is 2. The van der Waals surface area contributed by atoms with E-state index < -0.39 is 0 Å². The van der Waals surface area contributed by atoms with E-state index in [-0.39, 0.29) is 5.56 Å². The lowest BCUT2D eigenvalue weighted by molar-refractivity contribution is 0.773. The molecule has 0 saturated heterocycles. The van der Waals surface area contributed by atoms with Gasteiger partial charge in [0.15, 0.2) is 0 Å². The SMILES string of the molecule is Cc1cc(C)c2c(n1)sc1c(=O)n(/N=C/c3ccccc3Br)c(C)nc12. The third-order valence-electron chi connectivity index (χ3n) is 4.15. The summed E-state index contributed by atoms with van der Waals surface area (Å²) in [7, 11) is 0. The molecule has 130 valence electrons. The first-order valence-corrected chi connectivity index (χ1v) is 9.65. The van der Waals surface area contributed by atoms with Crippen molar-refractivity contribution in [3.8, 4) is 0 Å². The lowest BCUT2D eigenvalue weighted by Gasteiger charge is -2.04. The second-order valence-corrected chi connectivity index (χ2v) is 7.94. The molecule has 0 amide bonds.